The smallest absolute Gasteiger partial charge is 0.262 e. The Morgan fingerprint density at radius 3 is 2.14 bits per heavy atom. The lowest BCUT2D eigenvalue weighted by Gasteiger charge is -2.63. The summed E-state index contributed by atoms with van der Waals surface area (Å²) in [5.74, 6) is -0.783. The maximum atomic E-state index is 13.5. The molecular weight excluding hydrogens is 756 g/mol. The van der Waals surface area contributed by atoms with E-state index in [4.69, 9.17) is 16.3 Å². The SMILES string of the molecule is CC1(C)C(NC(=O)c2ccc(N3CCC(CCCN4Cc5cc6c(cc5C4)C(=O)N([C@@H]4CCC(=O)NC4=O)C6=O)CC3)cc2)C(C)(C)C1Oc1ccc(C#N)c(Cl)c1. The fourth-order valence-corrected chi connectivity index (χ4v) is 10.5. The van der Waals surface area contributed by atoms with Crippen molar-refractivity contribution in [2.75, 3.05) is 24.5 Å². The zero-order valence-corrected chi connectivity index (χ0v) is 34.2. The lowest BCUT2D eigenvalue weighted by molar-refractivity contribution is -0.164. The van der Waals surface area contributed by atoms with Crippen molar-refractivity contribution in [1.29, 1.82) is 5.26 Å². The van der Waals surface area contributed by atoms with Gasteiger partial charge in [-0.05, 0) is 104 Å². The summed E-state index contributed by atoms with van der Waals surface area (Å²) < 4.78 is 6.38. The average molecular weight is 805 g/mol. The van der Waals surface area contributed by atoms with Crippen LogP contribution in [0.5, 0.6) is 5.75 Å². The number of hydrogen-bond donors (Lipinski definition) is 2. The van der Waals surface area contributed by atoms with Crippen molar-refractivity contribution < 1.29 is 28.7 Å². The standard InChI is InChI=1S/C45H49ClN6O6/c1-44(2)42(45(3,4)43(44)58-32-12-9-28(23-47)35(46)22-32)49-38(54)27-7-10-31(11-8-27)51-18-15-26(16-19-51)6-5-17-50-24-29-20-33-34(21-30(29)25-50)41(57)52(40(33)56)36-13-14-37(53)48-39(36)55/h7-12,20-22,26,36,42-43H,5-6,13-19,24-25H2,1-4H3,(H,49,54)(H,48,53,55)/t36-,42?,43?/m1/s1. The molecule has 5 amide bonds. The Labute approximate surface area is 343 Å². The van der Waals surface area contributed by atoms with Crippen LogP contribution in [0.3, 0.4) is 0 Å². The quantitative estimate of drug-likeness (QED) is 0.227. The predicted octanol–water partition coefficient (Wildman–Crippen LogP) is 6.24. The van der Waals surface area contributed by atoms with Crippen LogP contribution >= 0.6 is 11.6 Å². The molecule has 1 saturated carbocycles. The van der Waals surface area contributed by atoms with Gasteiger partial charge >= 0.3 is 0 Å². The Morgan fingerprint density at radius 1 is 0.914 bits per heavy atom. The molecule has 0 radical (unpaired) electrons. The van der Waals surface area contributed by atoms with Crippen LogP contribution in [0.15, 0.2) is 54.6 Å². The zero-order chi connectivity index (χ0) is 41.1. The molecule has 5 aliphatic rings. The highest BCUT2D eigenvalue weighted by atomic mass is 35.5. The second-order valence-electron chi connectivity index (χ2n) is 17.7. The summed E-state index contributed by atoms with van der Waals surface area (Å²) in [7, 11) is 0. The minimum Gasteiger partial charge on any atom is -0.489 e. The number of anilines is 1. The van der Waals surface area contributed by atoms with E-state index in [1.54, 1.807) is 18.2 Å². The summed E-state index contributed by atoms with van der Waals surface area (Å²) >= 11 is 6.25. The predicted molar refractivity (Wildman–Crippen MR) is 217 cm³/mol. The van der Waals surface area contributed by atoms with E-state index in [0.29, 0.717) is 38.9 Å². The van der Waals surface area contributed by atoms with Crippen LogP contribution in [0.4, 0.5) is 5.69 Å². The summed E-state index contributed by atoms with van der Waals surface area (Å²) in [6.07, 6.45) is 4.47. The first-order chi connectivity index (χ1) is 27.6. The molecule has 3 aromatic carbocycles. The number of carbonyl (C=O) groups is 5. The molecule has 12 nitrogen and oxygen atoms in total. The van der Waals surface area contributed by atoms with Crippen molar-refractivity contribution in [3.05, 3.63) is 93.0 Å². The number of nitrogens with one attached hydrogen (secondary N) is 2. The number of carbonyl (C=O) groups excluding carboxylic acids is 5. The fraction of sp³-hybridized carbons (Fsp3) is 0.467. The molecule has 2 N–H and O–H groups in total. The van der Waals surface area contributed by atoms with Crippen molar-refractivity contribution >= 4 is 46.8 Å². The fourth-order valence-electron chi connectivity index (χ4n) is 10.3. The molecule has 1 atom stereocenters. The number of halogens is 1. The number of rotatable bonds is 10. The lowest BCUT2D eigenvalue weighted by atomic mass is 9.49. The first-order valence-electron chi connectivity index (χ1n) is 20.3. The van der Waals surface area contributed by atoms with Crippen LogP contribution in [0.25, 0.3) is 0 Å². The molecule has 4 aliphatic heterocycles. The van der Waals surface area contributed by atoms with Gasteiger partial charge in [0.15, 0.2) is 0 Å². The van der Waals surface area contributed by atoms with Crippen LogP contribution in [-0.4, -0.2) is 77.2 Å². The number of fused-ring (bicyclic) bond motifs is 2. The molecular formula is C45H49ClN6O6. The summed E-state index contributed by atoms with van der Waals surface area (Å²) in [6, 6.07) is 17.6. The van der Waals surface area contributed by atoms with E-state index in [1.165, 1.54) is 0 Å². The zero-order valence-electron chi connectivity index (χ0n) is 33.4. The Bertz CT molecular complexity index is 2180. The summed E-state index contributed by atoms with van der Waals surface area (Å²) in [4.78, 5) is 69.8. The number of nitrogens with zero attached hydrogens (tertiary/aromatic N) is 4. The van der Waals surface area contributed by atoms with Crippen LogP contribution < -0.4 is 20.3 Å². The monoisotopic (exact) mass is 804 g/mol. The molecule has 0 aromatic heterocycles. The molecule has 0 unspecified atom stereocenters. The summed E-state index contributed by atoms with van der Waals surface area (Å²) in [6.45, 7) is 12.7. The lowest BCUT2D eigenvalue weighted by Crippen LogP contribution is -2.74. The van der Waals surface area contributed by atoms with Gasteiger partial charge in [0.05, 0.1) is 21.7 Å². The number of imide groups is 2. The molecule has 8 rings (SSSR count). The Morgan fingerprint density at radius 2 is 1.55 bits per heavy atom. The van der Waals surface area contributed by atoms with Crippen molar-refractivity contribution in [3.8, 4) is 11.8 Å². The summed E-state index contributed by atoms with van der Waals surface area (Å²) in [5, 5.41) is 15.1. The van der Waals surface area contributed by atoms with Gasteiger partial charge in [-0.1, -0.05) is 39.3 Å². The van der Waals surface area contributed by atoms with Gasteiger partial charge in [0, 0.05) is 66.8 Å². The maximum Gasteiger partial charge on any atom is 0.262 e. The van der Waals surface area contributed by atoms with Gasteiger partial charge in [-0.2, -0.15) is 5.26 Å². The molecule has 13 heteroatoms. The van der Waals surface area contributed by atoms with Crippen molar-refractivity contribution in [2.24, 2.45) is 16.7 Å². The van der Waals surface area contributed by atoms with E-state index >= 15 is 0 Å². The maximum absolute atomic E-state index is 13.5. The van der Waals surface area contributed by atoms with E-state index in [1.807, 2.05) is 36.4 Å². The van der Waals surface area contributed by atoms with E-state index < -0.39 is 23.8 Å². The van der Waals surface area contributed by atoms with Gasteiger partial charge in [0.2, 0.25) is 11.8 Å². The largest absolute Gasteiger partial charge is 0.489 e. The molecule has 2 saturated heterocycles. The summed E-state index contributed by atoms with van der Waals surface area (Å²) in [5.41, 5.74) is 4.21. The van der Waals surface area contributed by atoms with Crippen LogP contribution in [-0.2, 0) is 22.7 Å². The van der Waals surface area contributed by atoms with Crippen molar-refractivity contribution in [2.45, 2.75) is 97.5 Å². The van der Waals surface area contributed by atoms with Crippen LogP contribution in [0.1, 0.15) is 114 Å². The number of amides is 5. The minimum absolute atomic E-state index is 0.100. The third-order valence-corrected chi connectivity index (χ3v) is 13.5. The molecule has 302 valence electrons. The average Bonchev–Trinajstić information content (AvgIpc) is 3.71. The van der Waals surface area contributed by atoms with E-state index in [2.05, 4.69) is 54.2 Å². The molecule has 58 heavy (non-hydrogen) atoms. The second kappa shape index (κ2) is 15.2. The van der Waals surface area contributed by atoms with Crippen LogP contribution in [0.2, 0.25) is 5.02 Å². The van der Waals surface area contributed by atoms with Gasteiger partial charge in [-0.15, -0.1) is 0 Å². The van der Waals surface area contributed by atoms with Crippen LogP contribution in [0, 0.1) is 28.1 Å². The van der Waals surface area contributed by atoms with Gasteiger partial charge < -0.3 is 15.0 Å². The van der Waals surface area contributed by atoms with E-state index in [0.717, 1.165) is 80.1 Å². The first-order valence-corrected chi connectivity index (χ1v) is 20.7. The number of piperidine rings is 2. The van der Waals surface area contributed by atoms with Gasteiger partial charge in [0.25, 0.3) is 17.7 Å². The van der Waals surface area contributed by atoms with Gasteiger partial charge in [-0.3, -0.25) is 39.1 Å². The molecule has 3 fully saturated rings. The van der Waals surface area contributed by atoms with Gasteiger partial charge in [-0.25, -0.2) is 0 Å². The Kier molecular flexibility index (Phi) is 10.3. The number of hydrogen-bond acceptors (Lipinski definition) is 9. The number of ether oxygens (including phenoxy) is 1. The van der Waals surface area contributed by atoms with Crippen molar-refractivity contribution in [1.82, 2.24) is 20.4 Å². The second-order valence-corrected chi connectivity index (χ2v) is 18.2. The molecule has 4 heterocycles. The topological polar surface area (TPSA) is 152 Å². The third kappa shape index (κ3) is 7.13. The number of nitriles is 1. The molecule has 3 aromatic rings. The Hall–Kier alpha value is -5.25. The third-order valence-electron chi connectivity index (χ3n) is 13.2. The molecule has 1 aliphatic carbocycles. The van der Waals surface area contributed by atoms with E-state index in [-0.39, 0.29) is 47.6 Å². The number of benzene rings is 3. The molecule has 0 spiro atoms. The highest BCUT2D eigenvalue weighted by molar-refractivity contribution is 6.31. The minimum atomic E-state index is -0.957. The van der Waals surface area contributed by atoms with Crippen molar-refractivity contribution in [3.63, 3.8) is 0 Å². The Balaban J connectivity index is 0.778. The van der Waals surface area contributed by atoms with E-state index in [9.17, 15) is 29.2 Å². The molecule has 0 bridgehead atoms. The highest BCUT2D eigenvalue weighted by Gasteiger charge is 2.64. The van der Waals surface area contributed by atoms with Gasteiger partial charge in [0.1, 0.15) is 24.0 Å². The normalized spacial score (nSPS) is 23.8. The first kappa shape index (κ1) is 39.6. The highest BCUT2D eigenvalue weighted by Crippen LogP contribution is 2.55.